The Morgan fingerprint density at radius 1 is 1.13 bits per heavy atom. The Morgan fingerprint density at radius 3 is 2.67 bits per heavy atom. The Balaban J connectivity index is 1.60. The van der Waals surface area contributed by atoms with E-state index in [1.54, 1.807) is 26.3 Å². The Hall–Kier alpha value is -3.94. The Labute approximate surface area is 172 Å². The topological polar surface area (TPSA) is 102 Å². The van der Waals surface area contributed by atoms with E-state index in [9.17, 15) is 9.59 Å². The molecular weight excluding hydrogens is 382 g/mol. The molecule has 0 saturated carbocycles. The lowest BCUT2D eigenvalue weighted by Gasteiger charge is -2.15. The average molecular weight is 403 g/mol. The molecule has 0 fully saturated rings. The zero-order chi connectivity index (χ0) is 21.1. The largest absolute Gasteiger partial charge is 0.497 e. The Bertz CT molecular complexity index is 1290. The second kappa shape index (κ2) is 8.20. The number of aromatic nitrogens is 4. The first kappa shape index (κ1) is 19.4. The summed E-state index contributed by atoms with van der Waals surface area (Å²) in [5.74, 6) is 1.10. The van der Waals surface area contributed by atoms with Gasteiger partial charge in [-0.2, -0.15) is 5.10 Å². The first-order chi connectivity index (χ1) is 14.5. The summed E-state index contributed by atoms with van der Waals surface area (Å²) in [6.45, 7) is 2.26. The molecule has 30 heavy (non-hydrogen) atoms. The zero-order valence-corrected chi connectivity index (χ0v) is 16.6. The number of hydrogen-bond donors (Lipinski definition) is 2. The number of H-pyrrole nitrogens is 1. The summed E-state index contributed by atoms with van der Waals surface area (Å²) in [5.41, 5.74) is 0.915. The van der Waals surface area contributed by atoms with E-state index in [0.717, 1.165) is 16.7 Å². The van der Waals surface area contributed by atoms with Crippen molar-refractivity contribution in [2.75, 3.05) is 12.4 Å². The normalized spacial score (nSPS) is 11.9. The van der Waals surface area contributed by atoms with Crippen molar-refractivity contribution in [3.8, 4) is 5.75 Å². The summed E-state index contributed by atoms with van der Waals surface area (Å²) >= 11 is 0. The van der Waals surface area contributed by atoms with Crippen LogP contribution >= 0.6 is 0 Å². The van der Waals surface area contributed by atoms with E-state index in [4.69, 9.17) is 4.74 Å². The van der Waals surface area contributed by atoms with Crippen LogP contribution < -0.4 is 21.2 Å². The van der Waals surface area contributed by atoms with E-state index in [0.29, 0.717) is 23.6 Å². The first-order valence-corrected chi connectivity index (χ1v) is 9.50. The van der Waals surface area contributed by atoms with Crippen LogP contribution in [0, 0.1) is 0 Å². The van der Waals surface area contributed by atoms with Crippen LogP contribution in [0.25, 0.3) is 10.8 Å². The van der Waals surface area contributed by atoms with Crippen LogP contribution in [0.2, 0.25) is 0 Å². The van der Waals surface area contributed by atoms with E-state index in [1.165, 1.54) is 10.7 Å². The molecule has 2 heterocycles. The molecule has 4 rings (SSSR count). The third kappa shape index (κ3) is 3.93. The number of rotatable bonds is 6. The molecule has 0 aliphatic carbocycles. The van der Waals surface area contributed by atoms with E-state index in [2.05, 4.69) is 20.4 Å². The van der Waals surface area contributed by atoms with E-state index < -0.39 is 6.04 Å². The lowest BCUT2D eigenvalue weighted by Crippen LogP contribution is -2.28. The van der Waals surface area contributed by atoms with Gasteiger partial charge in [0.1, 0.15) is 5.75 Å². The molecule has 0 aliphatic rings. The molecule has 0 bridgehead atoms. The number of nitrogens with one attached hydrogen (secondary N) is 2. The van der Waals surface area contributed by atoms with Crippen LogP contribution in [0.1, 0.15) is 24.2 Å². The third-order valence-electron chi connectivity index (χ3n) is 4.90. The maximum Gasteiger partial charge on any atom is 0.275 e. The van der Waals surface area contributed by atoms with Crippen LogP contribution in [0.4, 0.5) is 5.95 Å². The number of fused-ring (bicyclic) bond motifs is 1. The fourth-order valence-electron chi connectivity index (χ4n) is 3.21. The quantitative estimate of drug-likeness (QED) is 0.513. The fourth-order valence-corrected chi connectivity index (χ4v) is 3.21. The first-order valence-electron chi connectivity index (χ1n) is 9.50. The molecular formula is C22H21N5O3. The van der Waals surface area contributed by atoms with Crippen molar-refractivity contribution in [1.82, 2.24) is 19.7 Å². The number of anilines is 1. The van der Waals surface area contributed by atoms with Gasteiger partial charge in [-0.05, 0) is 30.7 Å². The minimum atomic E-state index is -0.508. The summed E-state index contributed by atoms with van der Waals surface area (Å²) < 4.78 is 6.50. The second-order valence-corrected chi connectivity index (χ2v) is 6.88. The number of ether oxygens (including phenoxy) is 1. The highest BCUT2D eigenvalue weighted by molar-refractivity contribution is 5.80. The molecule has 2 aromatic heterocycles. The van der Waals surface area contributed by atoms with Crippen molar-refractivity contribution < 1.29 is 4.74 Å². The summed E-state index contributed by atoms with van der Waals surface area (Å²) in [6.07, 6.45) is 1.64. The second-order valence-electron chi connectivity index (χ2n) is 6.88. The van der Waals surface area contributed by atoms with Gasteiger partial charge in [-0.3, -0.25) is 14.6 Å². The SMILES string of the molecule is COc1ccc(CNc2nc([C@H](C)n3ncc4ccccc4c3=O)cc(=O)[nH]2)cc1. The van der Waals surface area contributed by atoms with Crippen molar-refractivity contribution in [2.24, 2.45) is 0 Å². The molecule has 0 amide bonds. The number of benzene rings is 2. The standard InChI is InChI=1S/C22H21N5O3/c1-14(27-21(29)18-6-4-3-5-16(18)13-24-27)19-11-20(28)26-22(25-19)23-12-15-7-9-17(30-2)10-8-15/h3-11,13-14H,12H2,1-2H3,(H2,23,25,26,28)/t14-/m0/s1. The number of aromatic amines is 1. The van der Waals surface area contributed by atoms with Crippen molar-refractivity contribution in [3.63, 3.8) is 0 Å². The Morgan fingerprint density at radius 2 is 1.90 bits per heavy atom. The smallest absolute Gasteiger partial charge is 0.275 e. The van der Waals surface area contributed by atoms with Crippen molar-refractivity contribution in [1.29, 1.82) is 0 Å². The molecule has 8 nitrogen and oxygen atoms in total. The van der Waals surface area contributed by atoms with E-state index in [1.807, 2.05) is 42.5 Å². The lowest BCUT2D eigenvalue weighted by atomic mass is 10.2. The summed E-state index contributed by atoms with van der Waals surface area (Å²) in [4.78, 5) is 32.2. The lowest BCUT2D eigenvalue weighted by molar-refractivity contribution is 0.414. The molecule has 0 unspecified atom stereocenters. The van der Waals surface area contributed by atoms with E-state index in [-0.39, 0.29) is 11.1 Å². The van der Waals surface area contributed by atoms with Gasteiger partial charge in [-0.25, -0.2) is 9.67 Å². The van der Waals surface area contributed by atoms with Gasteiger partial charge in [0.05, 0.1) is 30.4 Å². The molecule has 4 aromatic rings. The highest BCUT2D eigenvalue weighted by Gasteiger charge is 2.15. The monoisotopic (exact) mass is 403 g/mol. The zero-order valence-electron chi connectivity index (χ0n) is 16.6. The number of hydrogen-bond acceptors (Lipinski definition) is 6. The number of nitrogens with zero attached hydrogens (tertiary/aromatic N) is 3. The predicted molar refractivity (Wildman–Crippen MR) is 115 cm³/mol. The Kier molecular flexibility index (Phi) is 5.30. The summed E-state index contributed by atoms with van der Waals surface area (Å²) in [6, 6.07) is 15.7. The maximum atomic E-state index is 12.8. The van der Waals surface area contributed by atoms with Crippen LogP contribution in [0.3, 0.4) is 0 Å². The molecule has 0 aliphatic heterocycles. The van der Waals surface area contributed by atoms with Crippen molar-refractivity contribution in [2.45, 2.75) is 19.5 Å². The molecule has 2 N–H and O–H groups in total. The summed E-state index contributed by atoms with van der Waals surface area (Å²) in [7, 11) is 1.62. The molecule has 0 saturated heterocycles. The van der Waals surface area contributed by atoms with Crippen molar-refractivity contribution >= 4 is 16.7 Å². The van der Waals surface area contributed by atoms with Crippen LogP contribution in [-0.4, -0.2) is 26.9 Å². The average Bonchev–Trinajstić information content (AvgIpc) is 2.78. The van der Waals surface area contributed by atoms with Gasteiger partial charge >= 0.3 is 0 Å². The van der Waals surface area contributed by atoms with Gasteiger partial charge in [0.25, 0.3) is 11.1 Å². The molecule has 152 valence electrons. The van der Waals surface area contributed by atoms with Gasteiger partial charge in [-0.15, -0.1) is 0 Å². The highest BCUT2D eigenvalue weighted by atomic mass is 16.5. The van der Waals surface area contributed by atoms with E-state index >= 15 is 0 Å². The highest BCUT2D eigenvalue weighted by Crippen LogP contribution is 2.16. The fraction of sp³-hybridized carbons (Fsp3) is 0.182. The molecule has 0 radical (unpaired) electrons. The molecule has 8 heteroatoms. The minimum Gasteiger partial charge on any atom is -0.497 e. The van der Waals surface area contributed by atoms with Gasteiger partial charge in [0, 0.05) is 18.0 Å². The third-order valence-corrected chi connectivity index (χ3v) is 4.90. The van der Waals surface area contributed by atoms with Gasteiger partial charge in [0.2, 0.25) is 5.95 Å². The van der Waals surface area contributed by atoms with Crippen LogP contribution in [0.5, 0.6) is 5.75 Å². The molecule has 0 spiro atoms. The molecule has 2 aromatic carbocycles. The van der Waals surface area contributed by atoms with Gasteiger partial charge < -0.3 is 10.1 Å². The maximum absolute atomic E-state index is 12.8. The van der Waals surface area contributed by atoms with Crippen molar-refractivity contribution in [3.05, 3.63) is 92.8 Å². The van der Waals surface area contributed by atoms with Gasteiger partial charge in [-0.1, -0.05) is 30.3 Å². The van der Waals surface area contributed by atoms with Gasteiger partial charge in [0.15, 0.2) is 0 Å². The number of methoxy groups -OCH3 is 1. The predicted octanol–water partition coefficient (Wildman–Crippen LogP) is 2.71. The summed E-state index contributed by atoms with van der Waals surface area (Å²) in [5, 5.41) is 8.73. The minimum absolute atomic E-state index is 0.226. The van der Waals surface area contributed by atoms with Crippen LogP contribution in [0.15, 0.2) is 70.4 Å². The van der Waals surface area contributed by atoms with Crippen LogP contribution in [-0.2, 0) is 6.54 Å². The molecule has 1 atom stereocenters.